The maximum absolute atomic E-state index is 11.4. The average Bonchev–Trinajstić information content (AvgIpc) is 3.02. The number of imidazole rings is 1. The molecule has 1 aliphatic rings. The highest BCUT2D eigenvalue weighted by Crippen LogP contribution is 2.31. The van der Waals surface area contributed by atoms with Gasteiger partial charge in [0.2, 0.25) is 0 Å². The molecule has 11 nitrogen and oxygen atoms in total. The van der Waals surface area contributed by atoms with Crippen LogP contribution in [0.5, 0.6) is 0 Å². The molecule has 1 amide bonds. The Morgan fingerprint density at radius 3 is 2.81 bits per heavy atom. The number of anilines is 1. The molecule has 2 aromatic heterocycles. The molecule has 0 aromatic carbocycles. The van der Waals surface area contributed by atoms with Crippen molar-refractivity contribution in [3.63, 3.8) is 0 Å². The molecule has 0 bridgehead atoms. The van der Waals surface area contributed by atoms with E-state index in [2.05, 4.69) is 15.0 Å². The molecule has 3 rings (SSSR count). The third-order valence-electron chi connectivity index (χ3n) is 3.27. The number of aromatic nitrogens is 4. The van der Waals surface area contributed by atoms with Crippen molar-refractivity contribution in [2.24, 2.45) is 0 Å². The molecule has 0 aliphatic carbocycles. The van der Waals surface area contributed by atoms with E-state index in [-0.39, 0.29) is 11.5 Å². The van der Waals surface area contributed by atoms with Gasteiger partial charge in [-0.15, -0.1) is 0 Å². The molecule has 0 radical (unpaired) electrons. The second-order valence-electron chi connectivity index (χ2n) is 4.49. The molecule has 1 aliphatic heterocycles. The van der Waals surface area contributed by atoms with E-state index in [9.17, 15) is 15.0 Å². The van der Waals surface area contributed by atoms with E-state index < -0.39 is 30.4 Å². The number of hydrogen-bond acceptors (Lipinski definition) is 9. The Balaban J connectivity index is 2.00. The number of hydrogen-bond donors (Lipinski definition) is 5. The lowest BCUT2D eigenvalue weighted by atomic mass is 10.1. The molecular weight excluding hydrogens is 284 g/mol. The van der Waals surface area contributed by atoms with Gasteiger partial charge in [-0.1, -0.05) is 0 Å². The van der Waals surface area contributed by atoms with E-state index >= 15 is 0 Å². The van der Waals surface area contributed by atoms with Crippen molar-refractivity contribution in [2.45, 2.75) is 24.5 Å². The third-order valence-corrected chi connectivity index (χ3v) is 3.27. The van der Waals surface area contributed by atoms with Crippen LogP contribution in [0.3, 0.4) is 0 Å². The SMILES string of the molecule is Nc1ncnc2c1ncn2[C@H]1O[C@@H](C(=O)NO)[C@@H](O)[C@H]1O. The lowest BCUT2D eigenvalue weighted by Crippen LogP contribution is -2.41. The topological polar surface area (TPSA) is 169 Å². The largest absolute Gasteiger partial charge is 0.387 e. The molecule has 0 saturated carbocycles. The van der Waals surface area contributed by atoms with Crippen molar-refractivity contribution in [1.29, 1.82) is 0 Å². The number of carbonyl (C=O) groups excluding carboxylic acids is 1. The monoisotopic (exact) mass is 296 g/mol. The van der Waals surface area contributed by atoms with Crippen LogP contribution in [0, 0.1) is 0 Å². The van der Waals surface area contributed by atoms with Crippen LogP contribution < -0.4 is 11.2 Å². The van der Waals surface area contributed by atoms with Crippen LogP contribution in [0.1, 0.15) is 6.23 Å². The van der Waals surface area contributed by atoms with Crippen LogP contribution in [-0.2, 0) is 9.53 Å². The molecule has 6 N–H and O–H groups in total. The van der Waals surface area contributed by atoms with Crippen LogP contribution in [0.4, 0.5) is 5.82 Å². The van der Waals surface area contributed by atoms with Crippen molar-refractivity contribution in [1.82, 2.24) is 25.0 Å². The first kappa shape index (κ1) is 13.6. The van der Waals surface area contributed by atoms with Gasteiger partial charge in [-0.3, -0.25) is 14.6 Å². The number of fused-ring (bicyclic) bond motifs is 1. The maximum Gasteiger partial charge on any atom is 0.275 e. The fourth-order valence-electron chi connectivity index (χ4n) is 2.23. The van der Waals surface area contributed by atoms with Crippen molar-refractivity contribution < 1.29 is 25.0 Å². The fourth-order valence-corrected chi connectivity index (χ4v) is 2.23. The number of nitrogens with two attached hydrogens (primary N) is 1. The predicted molar refractivity (Wildman–Crippen MR) is 65.6 cm³/mol. The summed E-state index contributed by atoms with van der Waals surface area (Å²) in [5.41, 5.74) is 7.60. The first-order valence-corrected chi connectivity index (χ1v) is 5.93. The number of aliphatic hydroxyl groups excluding tert-OH is 2. The molecule has 4 atom stereocenters. The smallest absolute Gasteiger partial charge is 0.275 e. The Kier molecular flexibility index (Phi) is 3.17. The number of ether oxygens (including phenoxy) is 1. The van der Waals surface area contributed by atoms with Gasteiger partial charge in [0.1, 0.15) is 24.1 Å². The van der Waals surface area contributed by atoms with Gasteiger partial charge in [0.05, 0.1) is 6.33 Å². The van der Waals surface area contributed by atoms with E-state index in [0.29, 0.717) is 5.52 Å². The van der Waals surface area contributed by atoms with Crippen molar-refractivity contribution in [3.05, 3.63) is 12.7 Å². The fraction of sp³-hybridized carbons (Fsp3) is 0.400. The Morgan fingerprint density at radius 2 is 2.10 bits per heavy atom. The second kappa shape index (κ2) is 4.89. The minimum atomic E-state index is -1.52. The first-order valence-electron chi connectivity index (χ1n) is 5.93. The standard InChI is InChI=1S/C10H12N6O5/c11-7-3-8(13-1-12-7)16(2-14-3)10-5(18)4(17)6(21-10)9(19)15-20/h1-2,4-6,10,17-18,20H,(H,15,19)(H2,11,12,13)/t4-,5+,6+,10-/m0/s1. The average molecular weight is 296 g/mol. The number of nitrogen functional groups attached to an aromatic ring is 1. The normalized spacial score (nSPS) is 28.9. The Labute approximate surface area is 117 Å². The zero-order valence-corrected chi connectivity index (χ0v) is 10.5. The van der Waals surface area contributed by atoms with Gasteiger partial charge in [-0.05, 0) is 0 Å². The Hall–Kier alpha value is -2.34. The molecule has 1 fully saturated rings. The van der Waals surface area contributed by atoms with Gasteiger partial charge >= 0.3 is 0 Å². The van der Waals surface area contributed by atoms with Crippen LogP contribution in [0.25, 0.3) is 11.2 Å². The lowest BCUT2D eigenvalue weighted by Gasteiger charge is -2.16. The summed E-state index contributed by atoms with van der Waals surface area (Å²) in [7, 11) is 0. The summed E-state index contributed by atoms with van der Waals surface area (Å²) in [6, 6.07) is 0. The number of rotatable bonds is 2. The highest BCUT2D eigenvalue weighted by atomic mass is 16.6. The summed E-state index contributed by atoms with van der Waals surface area (Å²) in [4.78, 5) is 23.1. The molecule has 0 spiro atoms. The van der Waals surface area contributed by atoms with E-state index in [1.807, 2.05) is 0 Å². The van der Waals surface area contributed by atoms with E-state index in [1.54, 1.807) is 0 Å². The number of hydroxylamine groups is 1. The van der Waals surface area contributed by atoms with Gasteiger partial charge in [0, 0.05) is 0 Å². The zero-order chi connectivity index (χ0) is 15.1. The van der Waals surface area contributed by atoms with Crippen LogP contribution in [0.2, 0.25) is 0 Å². The molecule has 21 heavy (non-hydrogen) atoms. The first-order chi connectivity index (χ1) is 10.0. The predicted octanol–water partition coefficient (Wildman–Crippen LogP) is -2.47. The molecule has 3 heterocycles. The van der Waals surface area contributed by atoms with Gasteiger partial charge in [0.15, 0.2) is 23.8 Å². The number of carbonyl (C=O) groups is 1. The highest BCUT2D eigenvalue weighted by molar-refractivity contribution is 5.82. The minimum absolute atomic E-state index is 0.149. The maximum atomic E-state index is 11.4. The summed E-state index contributed by atoms with van der Waals surface area (Å²) in [5, 5.41) is 28.4. The lowest BCUT2D eigenvalue weighted by molar-refractivity contribution is -0.146. The summed E-state index contributed by atoms with van der Waals surface area (Å²) >= 11 is 0. The quantitative estimate of drug-likeness (QED) is 0.298. The van der Waals surface area contributed by atoms with Gasteiger partial charge in [-0.25, -0.2) is 20.4 Å². The van der Waals surface area contributed by atoms with Gasteiger partial charge in [-0.2, -0.15) is 0 Å². The number of amides is 1. The van der Waals surface area contributed by atoms with Gasteiger partial charge in [0.25, 0.3) is 5.91 Å². The molecule has 0 unspecified atom stereocenters. The summed E-state index contributed by atoms with van der Waals surface area (Å²) in [6.07, 6.45) is -2.95. The molecule has 2 aromatic rings. The molecule has 11 heteroatoms. The van der Waals surface area contributed by atoms with Gasteiger partial charge < -0.3 is 20.7 Å². The summed E-state index contributed by atoms with van der Waals surface area (Å²) in [5.74, 6) is -0.820. The van der Waals surface area contributed by atoms with Crippen molar-refractivity contribution in [2.75, 3.05) is 5.73 Å². The Morgan fingerprint density at radius 1 is 1.33 bits per heavy atom. The zero-order valence-electron chi connectivity index (χ0n) is 10.5. The molecule has 112 valence electrons. The van der Waals surface area contributed by atoms with E-state index in [1.165, 1.54) is 22.7 Å². The molecule has 1 saturated heterocycles. The number of nitrogens with one attached hydrogen (secondary N) is 1. The van der Waals surface area contributed by atoms with E-state index in [4.69, 9.17) is 15.7 Å². The number of aliphatic hydroxyl groups is 2. The van der Waals surface area contributed by atoms with Crippen molar-refractivity contribution >= 4 is 22.9 Å². The summed E-state index contributed by atoms with van der Waals surface area (Å²) < 4.78 is 6.61. The van der Waals surface area contributed by atoms with Crippen molar-refractivity contribution in [3.8, 4) is 0 Å². The second-order valence-corrected chi connectivity index (χ2v) is 4.49. The number of nitrogens with zero attached hydrogens (tertiary/aromatic N) is 4. The van der Waals surface area contributed by atoms with Crippen LogP contribution in [0.15, 0.2) is 12.7 Å². The summed E-state index contributed by atoms with van der Waals surface area (Å²) in [6.45, 7) is 0. The van der Waals surface area contributed by atoms with Crippen LogP contribution in [-0.4, -0.2) is 59.2 Å². The highest BCUT2D eigenvalue weighted by Gasteiger charge is 2.47. The molecular formula is C10H12N6O5. The third kappa shape index (κ3) is 1.99. The minimum Gasteiger partial charge on any atom is -0.387 e. The van der Waals surface area contributed by atoms with Crippen LogP contribution >= 0.6 is 0 Å². The Bertz CT molecular complexity index is 690. The van der Waals surface area contributed by atoms with E-state index in [0.717, 1.165) is 0 Å².